The Morgan fingerprint density at radius 1 is 1.56 bits per heavy atom. The largest absolute Gasteiger partial charge is 0.489 e. The molecular formula is C9H11FN2O3S. The quantitative estimate of drug-likeness (QED) is 0.864. The molecule has 0 spiro atoms. The number of hydrogen-bond donors (Lipinski definition) is 1. The standard InChI is InChI=1S/C9H11FN2O3S/c1-16(13,14)12-9-8(10)4-7(5-11-9)15-6-2-3-6/h4-6H,2-3H2,1H3,(H,11,12). The molecule has 0 saturated heterocycles. The minimum Gasteiger partial charge on any atom is -0.489 e. The van der Waals surface area contributed by atoms with E-state index in [9.17, 15) is 12.8 Å². The molecule has 1 aliphatic carbocycles. The normalized spacial score (nSPS) is 15.9. The van der Waals surface area contributed by atoms with Gasteiger partial charge in [0.25, 0.3) is 0 Å². The molecule has 1 heterocycles. The maximum atomic E-state index is 13.4. The van der Waals surface area contributed by atoms with Gasteiger partial charge in [-0.3, -0.25) is 4.72 Å². The highest BCUT2D eigenvalue weighted by molar-refractivity contribution is 7.92. The van der Waals surface area contributed by atoms with Crippen molar-refractivity contribution in [3.63, 3.8) is 0 Å². The Balaban J connectivity index is 2.15. The third kappa shape index (κ3) is 3.06. The van der Waals surface area contributed by atoms with E-state index >= 15 is 0 Å². The summed E-state index contributed by atoms with van der Waals surface area (Å²) >= 11 is 0. The van der Waals surface area contributed by atoms with E-state index in [0.717, 1.165) is 25.2 Å². The fraction of sp³-hybridized carbons (Fsp3) is 0.444. The van der Waals surface area contributed by atoms with Crippen LogP contribution in [0.15, 0.2) is 12.3 Å². The summed E-state index contributed by atoms with van der Waals surface area (Å²) in [5.41, 5.74) is 0. The van der Waals surface area contributed by atoms with Gasteiger partial charge in [-0.25, -0.2) is 17.8 Å². The molecule has 1 fully saturated rings. The maximum absolute atomic E-state index is 13.4. The molecule has 0 radical (unpaired) electrons. The molecule has 7 heteroatoms. The number of nitrogens with one attached hydrogen (secondary N) is 1. The first-order valence-corrected chi connectivity index (χ1v) is 6.63. The summed E-state index contributed by atoms with van der Waals surface area (Å²) in [6.45, 7) is 0. The van der Waals surface area contributed by atoms with E-state index in [-0.39, 0.29) is 11.9 Å². The minimum atomic E-state index is -3.52. The molecule has 1 aromatic heterocycles. The highest BCUT2D eigenvalue weighted by atomic mass is 32.2. The first kappa shape index (κ1) is 11.1. The molecule has 1 aromatic rings. The lowest BCUT2D eigenvalue weighted by Crippen LogP contribution is -2.12. The second-order valence-corrected chi connectivity index (χ2v) is 5.44. The van der Waals surface area contributed by atoms with Crippen LogP contribution in [0.2, 0.25) is 0 Å². The van der Waals surface area contributed by atoms with Crippen molar-refractivity contribution in [1.82, 2.24) is 4.98 Å². The van der Waals surface area contributed by atoms with Crippen LogP contribution in [-0.4, -0.2) is 25.8 Å². The van der Waals surface area contributed by atoms with E-state index in [0.29, 0.717) is 5.75 Å². The van der Waals surface area contributed by atoms with Crippen molar-refractivity contribution < 1.29 is 17.5 Å². The summed E-state index contributed by atoms with van der Waals surface area (Å²) in [6.07, 6.45) is 4.31. The predicted octanol–water partition coefficient (Wildman–Crippen LogP) is 1.13. The Hall–Kier alpha value is -1.37. The number of ether oxygens (including phenoxy) is 1. The average Bonchev–Trinajstić information content (AvgIpc) is 2.92. The van der Waals surface area contributed by atoms with Crippen LogP contribution in [-0.2, 0) is 10.0 Å². The molecule has 2 rings (SSSR count). The smallest absolute Gasteiger partial charge is 0.231 e. The highest BCUT2D eigenvalue weighted by Crippen LogP contribution is 2.27. The molecule has 0 bridgehead atoms. The zero-order chi connectivity index (χ0) is 11.8. The Morgan fingerprint density at radius 2 is 2.25 bits per heavy atom. The Labute approximate surface area is 92.7 Å². The summed E-state index contributed by atoms with van der Waals surface area (Å²) in [7, 11) is -3.52. The van der Waals surface area contributed by atoms with Crippen LogP contribution in [0.1, 0.15) is 12.8 Å². The highest BCUT2D eigenvalue weighted by Gasteiger charge is 2.24. The summed E-state index contributed by atoms with van der Waals surface area (Å²) in [5, 5.41) is 0. The van der Waals surface area contributed by atoms with Crippen molar-refractivity contribution in [2.24, 2.45) is 0 Å². The van der Waals surface area contributed by atoms with Gasteiger partial charge in [-0.15, -0.1) is 0 Å². The lowest BCUT2D eigenvalue weighted by atomic mass is 10.4. The number of sulfonamides is 1. The van der Waals surface area contributed by atoms with Crippen LogP contribution in [0.25, 0.3) is 0 Å². The monoisotopic (exact) mass is 246 g/mol. The Morgan fingerprint density at radius 3 is 2.75 bits per heavy atom. The van der Waals surface area contributed by atoms with Crippen LogP contribution in [0.4, 0.5) is 10.2 Å². The van der Waals surface area contributed by atoms with Gasteiger partial charge in [0.15, 0.2) is 11.6 Å². The second kappa shape index (κ2) is 3.89. The fourth-order valence-electron chi connectivity index (χ4n) is 1.11. The van der Waals surface area contributed by atoms with Crippen LogP contribution < -0.4 is 9.46 Å². The van der Waals surface area contributed by atoms with Gasteiger partial charge in [0.05, 0.1) is 18.6 Å². The zero-order valence-electron chi connectivity index (χ0n) is 8.60. The van der Waals surface area contributed by atoms with E-state index in [1.165, 1.54) is 6.20 Å². The molecule has 0 amide bonds. The van der Waals surface area contributed by atoms with E-state index in [1.54, 1.807) is 0 Å². The SMILES string of the molecule is CS(=O)(=O)Nc1ncc(OC2CC2)cc1F. The third-order valence-electron chi connectivity index (χ3n) is 1.93. The number of aromatic nitrogens is 1. The van der Waals surface area contributed by atoms with Crippen LogP contribution >= 0.6 is 0 Å². The molecule has 1 aliphatic rings. The minimum absolute atomic E-state index is 0.148. The molecule has 88 valence electrons. The summed E-state index contributed by atoms with van der Waals surface area (Å²) in [6, 6.07) is 1.12. The summed E-state index contributed by atoms with van der Waals surface area (Å²) < 4.78 is 42.4. The van der Waals surface area contributed by atoms with Crippen LogP contribution in [0, 0.1) is 5.82 Å². The molecular weight excluding hydrogens is 235 g/mol. The van der Waals surface area contributed by atoms with Gasteiger partial charge in [0, 0.05) is 6.07 Å². The predicted molar refractivity (Wildman–Crippen MR) is 56.3 cm³/mol. The number of halogens is 1. The average molecular weight is 246 g/mol. The molecule has 1 N–H and O–H groups in total. The maximum Gasteiger partial charge on any atom is 0.231 e. The van der Waals surface area contributed by atoms with Crippen molar-refractivity contribution >= 4 is 15.8 Å². The first-order chi connectivity index (χ1) is 7.44. The van der Waals surface area contributed by atoms with Gasteiger partial charge in [-0.1, -0.05) is 0 Å². The molecule has 1 saturated carbocycles. The summed E-state index contributed by atoms with van der Waals surface area (Å²) in [4.78, 5) is 3.65. The van der Waals surface area contributed by atoms with Crippen LogP contribution in [0.3, 0.4) is 0 Å². The summed E-state index contributed by atoms with van der Waals surface area (Å²) in [5.74, 6) is -0.742. The van der Waals surface area contributed by atoms with E-state index in [4.69, 9.17) is 4.74 Å². The van der Waals surface area contributed by atoms with Gasteiger partial charge in [0.1, 0.15) is 5.75 Å². The van der Waals surface area contributed by atoms with Crippen LogP contribution in [0.5, 0.6) is 5.75 Å². The van der Waals surface area contributed by atoms with Gasteiger partial charge >= 0.3 is 0 Å². The molecule has 0 aliphatic heterocycles. The van der Waals surface area contributed by atoms with Crippen molar-refractivity contribution in [2.45, 2.75) is 18.9 Å². The number of hydrogen-bond acceptors (Lipinski definition) is 4. The number of anilines is 1. The van der Waals surface area contributed by atoms with Crippen molar-refractivity contribution in [3.05, 3.63) is 18.1 Å². The van der Waals surface area contributed by atoms with E-state index < -0.39 is 15.8 Å². The third-order valence-corrected chi connectivity index (χ3v) is 2.49. The van der Waals surface area contributed by atoms with Gasteiger partial charge in [-0.05, 0) is 12.8 Å². The molecule has 5 nitrogen and oxygen atoms in total. The molecule has 0 aromatic carbocycles. The second-order valence-electron chi connectivity index (χ2n) is 3.69. The molecule has 0 unspecified atom stereocenters. The first-order valence-electron chi connectivity index (χ1n) is 4.74. The number of nitrogens with zero attached hydrogens (tertiary/aromatic N) is 1. The van der Waals surface area contributed by atoms with Crippen molar-refractivity contribution in [1.29, 1.82) is 0 Å². The van der Waals surface area contributed by atoms with E-state index in [1.807, 2.05) is 4.72 Å². The zero-order valence-corrected chi connectivity index (χ0v) is 9.42. The topological polar surface area (TPSA) is 68.3 Å². The molecule has 16 heavy (non-hydrogen) atoms. The lowest BCUT2D eigenvalue weighted by Gasteiger charge is -2.07. The van der Waals surface area contributed by atoms with Gasteiger partial charge < -0.3 is 4.74 Å². The fourth-order valence-corrected chi connectivity index (χ4v) is 1.62. The Kier molecular flexibility index (Phi) is 2.71. The Bertz CT molecular complexity index is 499. The van der Waals surface area contributed by atoms with Crippen molar-refractivity contribution in [3.8, 4) is 5.75 Å². The number of pyridine rings is 1. The van der Waals surface area contributed by atoms with Gasteiger partial charge in [0.2, 0.25) is 10.0 Å². The number of rotatable bonds is 4. The van der Waals surface area contributed by atoms with Gasteiger partial charge in [-0.2, -0.15) is 0 Å². The van der Waals surface area contributed by atoms with E-state index in [2.05, 4.69) is 4.98 Å². The molecule has 0 atom stereocenters. The lowest BCUT2D eigenvalue weighted by molar-refractivity contribution is 0.300. The van der Waals surface area contributed by atoms with Crippen molar-refractivity contribution in [2.75, 3.05) is 11.0 Å².